The number of ether oxygens (including phenoxy) is 1. The van der Waals surface area contributed by atoms with Crippen LogP contribution in [-0.2, 0) is 17.8 Å². The highest BCUT2D eigenvalue weighted by Gasteiger charge is 2.16. The molecule has 2 heterocycles. The first-order chi connectivity index (χ1) is 6.42. The van der Waals surface area contributed by atoms with Crippen molar-refractivity contribution < 1.29 is 4.74 Å². The number of hydrogen-bond acceptors (Lipinski definition) is 3. The van der Waals surface area contributed by atoms with Crippen LogP contribution in [0.3, 0.4) is 0 Å². The van der Waals surface area contributed by atoms with Crippen LogP contribution in [0.25, 0.3) is 0 Å². The number of aromatic nitrogens is 2. The zero-order chi connectivity index (χ0) is 9.10. The molecule has 4 nitrogen and oxygen atoms in total. The lowest BCUT2D eigenvalue weighted by atomic mass is 10.1. The van der Waals surface area contributed by atoms with Crippen molar-refractivity contribution in [3.63, 3.8) is 0 Å². The van der Waals surface area contributed by atoms with Crippen molar-refractivity contribution >= 4 is 5.82 Å². The van der Waals surface area contributed by atoms with Gasteiger partial charge in [-0.1, -0.05) is 6.92 Å². The molecule has 2 rings (SSSR count). The maximum Gasteiger partial charge on any atom is 0.153 e. The number of nitrogens with zero attached hydrogens (tertiary/aromatic N) is 1. The predicted molar refractivity (Wildman–Crippen MR) is 50.7 cm³/mol. The highest BCUT2D eigenvalue weighted by molar-refractivity contribution is 5.46. The third-order valence-corrected chi connectivity index (χ3v) is 2.24. The number of H-pyrrole nitrogens is 1. The predicted octanol–water partition coefficient (Wildman–Crippen LogP) is 1.30. The van der Waals surface area contributed by atoms with Crippen molar-refractivity contribution in [2.75, 3.05) is 18.5 Å². The molecule has 1 aliphatic rings. The summed E-state index contributed by atoms with van der Waals surface area (Å²) in [6, 6.07) is 0. The summed E-state index contributed by atoms with van der Waals surface area (Å²) in [5.74, 6) is 0.969. The molecule has 0 fully saturated rings. The van der Waals surface area contributed by atoms with Crippen LogP contribution >= 0.6 is 0 Å². The van der Waals surface area contributed by atoms with Crippen LogP contribution in [0.5, 0.6) is 0 Å². The van der Waals surface area contributed by atoms with Crippen molar-refractivity contribution in [1.82, 2.24) is 10.2 Å². The van der Waals surface area contributed by atoms with E-state index in [4.69, 9.17) is 4.74 Å². The Labute approximate surface area is 77.7 Å². The van der Waals surface area contributed by atoms with Crippen molar-refractivity contribution in [1.29, 1.82) is 0 Å². The quantitative estimate of drug-likeness (QED) is 0.739. The Hall–Kier alpha value is -1.03. The summed E-state index contributed by atoms with van der Waals surface area (Å²) >= 11 is 0. The van der Waals surface area contributed by atoms with Gasteiger partial charge in [-0.15, -0.1) is 0 Å². The van der Waals surface area contributed by atoms with Gasteiger partial charge >= 0.3 is 0 Å². The Bertz CT molecular complexity index is 282. The lowest BCUT2D eigenvalue weighted by Gasteiger charge is -2.12. The lowest BCUT2D eigenvalue weighted by molar-refractivity contribution is 0.110. The standard InChI is InChI=1S/C9H15N3O/c1-2-4-10-9-7-6-13-5-3-8(7)11-12-9/h2-6H2,1H3,(H2,10,11,12). The second-order valence-corrected chi connectivity index (χ2v) is 3.26. The molecule has 0 radical (unpaired) electrons. The number of rotatable bonds is 3. The molecular formula is C9H15N3O. The molecule has 0 aliphatic carbocycles. The van der Waals surface area contributed by atoms with Crippen LogP contribution in [0.2, 0.25) is 0 Å². The summed E-state index contributed by atoms with van der Waals surface area (Å²) in [4.78, 5) is 0. The SMILES string of the molecule is CCCNc1n[nH]c2c1COCC2. The lowest BCUT2D eigenvalue weighted by Crippen LogP contribution is -2.10. The highest BCUT2D eigenvalue weighted by atomic mass is 16.5. The molecule has 0 unspecified atom stereocenters. The van der Waals surface area contributed by atoms with Crippen LogP contribution in [0.1, 0.15) is 24.6 Å². The van der Waals surface area contributed by atoms with Gasteiger partial charge in [0.25, 0.3) is 0 Å². The average molecular weight is 181 g/mol. The van der Waals surface area contributed by atoms with Gasteiger partial charge in [-0.05, 0) is 6.42 Å². The molecule has 1 aliphatic heterocycles. The van der Waals surface area contributed by atoms with Crippen molar-refractivity contribution in [2.24, 2.45) is 0 Å². The Morgan fingerprint density at radius 2 is 2.54 bits per heavy atom. The summed E-state index contributed by atoms with van der Waals surface area (Å²) in [5.41, 5.74) is 2.43. The number of nitrogens with one attached hydrogen (secondary N) is 2. The summed E-state index contributed by atoms with van der Waals surface area (Å²) < 4.78 is 5.37. The van der Waals surface area contributed by atoms with Gasteiger partial charge in [0.2, 0.25) is 0 Å². The minimum atomic E-state index is 0.692. The van der Waals surface area contributed by atoms with Gasteiger partial charge in [-0.3, -0.25) is 5.10 Å². The van der Waals surface area contributed by atoms with E-state index in [0.717, 1.165) is 31.8 Å². The number of fused-ring (bicyclic) bond motifs is 1. The molecule has 0 atom stereocenters. The van der Waals surface area contributed by atoms with E-state index in [2.05, 4.69) is 22.4 Å². The Morgan fingerprint density at radius 1 is 1.62 bits per heavy atom. The topological polar surface area (TPSA) is 49.9 Å². The van der Waals surface area contributed by atoms with Gasteiger partial charge in [0.05, 0.1) is 13.2 Å². The molecule has 13 heavy (non-hydrogen) atoms. The maximum atomic E-state index is 5.37. The molecule has 2 N–H and O–H groups in total. The first-order valence-electron chi connectivity index (χ1n) is 4.79. The fraction of sp³-hybridized carbons (Fsp3) is 0.667. The van der Waals surface area contributed by atoms with Gasteiger partial charge in [0, 0.05) is 24.2 Å². The molecule has 0 bridgehead atoms. The fourth-order valence-corrected chi connectivity index (χ4v) is 1.50. The van der Waals surface area contributed by atoms with Crippen molar-refractivity contribution in [2.45, 2.75) is 26.4 Å². The second kappa shape index (κ2) is 3.79. The summed E-state index contributed by atoms with van der Waals surface area (Å²) in [7, 11) is 0. The number of anilines is 1. The number of hydrogen-bond donors (Lipinski definition) is 2. The van der Waals surface area contributed by atoms with Crippen LogP contribution in [0.15, 0.2) is 0 Å². The average Bonchev–Trinajstić information content (AvgIpc) is 2.58. The van der Waals surface area contributed by atoms with E-state index in [1.807, 2.05) is 0 Å². The largest absolute Gasteiger partial charge is 0.376 e. The Morgan fingerprint density at radius 3 is 3.38 bits per heavy atom. The van der Waals surface area contributed by atoms with E-state index >= 15 is 0 Å². The second-order valence-electron chi connectivity index (χ2n) is 3.26. The molecule has 1 aromatic rings. The molecule has 0 spiro atoms. The zero-order valence-corrected chi connectivity index (χ0v) is 7.89. The first kappa shape index (κ1) is 8.56. The minimum Gasteiger partial charge on any atom is -0.376 e. The highest BCUT2D eigenvalue weighted by Crippen LogP contribution is 2.21. The van der Waals surface area contributed by atoms with E-state index < -0.39 is 0 Å². The van der Waals surface area contributed by atoms with Crippen LogP contribution in [-0.4, -0.2) is 23.3 Å². The van der Waals surface area contributed by atoms with E-state index in [1.165, 1.54) is 11.3 Å². The van der Waals surface area contributed by atoms with Crippen molar-refractivity contribution in [3.8, 4) is 0 Å². The van der Waals surface area contributed by atoms with Gasteiger partial charge in [-0.25, -0.2) is 0 Å². The van der Waals surface area contributed by atoms with Gasteiger partial charge in [0.15, 0.2) is 5.82 Å². The Balaban J connectivity index is 2.12. The van der Waals surface area contributed by atoms with Crippen LogP contribution < -0.4 is 5.32 Å². The molecular weight excluding hydrogens is 166 g/mol. The molecule has 0 saturated heterocycles. The zero-order valence-electron chi connectivity index (χ0n) is 7.89. The molecule has 0 saturated carbocycles. The molecule has 72 valence electrons. The van der Waals surface area contributed by atoms with Crippen LogP contribution in [0, 0.1) is 0 Å². The molecule has 0 aromatic carbocycles. The third-order valence-electron chi connectivity index (χ3n) is 2.24. The van der Waals surface area contributed by atoms with Crippen molar-refractivity contribution in [3.05, 3.63) is 11.3 Å². The smallest absolute Gasteiger partial charge is 0.153 e. The summed E-state index contributed by atoms with van der Waals surface area (Å²) in [5, 5.41) is 10.5. The number of aromatic amines is 1. The molecule has 1 aromatic heterocycles. The van der Waals surface area contributed by atoms with E-state index in [9.17, 15) is 0 Å². The monoisotopic (exact) mass is 181 g/mol. The maximum absolute atomic E-state index is 5.37. The van der Waals surface area contributed by atoms with Crippen LogP contribution in [0.4, 0.5) is 5.82 Å². The fourth-order valence-electron chi connectivity index (χ4n) is 1.50. The molecule has 0 amide bonds. The Kier molecular flexibility index (Phi) is 2.49. The van der Waals surface area contributed by atoms with Gasteiger partial charge < -0.3 is 10.1 Å². The first-order valence-corrected chi connectivity index (χ1v) is 4.79. The normalized spacial score (nSPS) is 15.5. The minimum absolute atomic E-state index is 0.692. The summed E-state index contributed by atoms with van der Waals surface area (Å²) in [6.45, 7) is 4.61. The van der Waals surface area contributed by atoms with Gasteiger partial charge in [-0.2, -0.15) is 5.10 Å². The van der Waals surface area contributed by atoms with E-state index in [0.29, 0.717) is 6.61 Å². The van der Waals surface area contributed by atoms with Gasteiger partial charge in [0.1, 0.15) is 0 Å². The molecule has 4 heteroatoms. The van der Waals surface area contributed by atoms with E-state index in [-0.39, 0.29) is 0 Å². The van der Waals surface area contributed by atoms with E-state index in [1.54, 1.807) is 0 Å². The summed E-state index contributed by atoms with van der Waals surface area (Å²) in [6.07, 6.45) is 2.07. The third kappa shape index (κ3) is 1.67.